The molecule has 0 aromatic carbocycles. The Balaban J connectivity index is 2.00. The van der Waals surface area contributed by atoms with Gasteiger partial charge >= 0.3 is 0 Å². The van der Waals surface area contributed by atoms with Crippen LogP contribution in [0.15, 0.2) is 11.1 Å². The molecule has 5 nitrogen and oxygen atoms in total. The Morgan fingerprint density at radius 1 is 1.69 bits per heavy atom. The van der Waals surface area contributed by atoms with Crippen molar-refractivity contribution in [1.82, 2.24) is 14.9 Å². The van der Waals surface area contributed by atoms with Crippen LogP contribution in [0.3, 0.4) is 0 Å². The number of hydrogen-bond donors (Lipinski definition) is 2. The second-order valence-electron chi connectivity index (χ2n) is 3.85. The van der Waals surface area contributed by atoms with E-state index in [1.165, 1.54) is 12.6 Å². The van der Waals surface area contributed by atoms with E-state index in [0.717, 1.165) is 12.2 Å². The topological polar surface area (TPSA) is 74.8 Å². The Bertz CT molecular complexity index is 449. The number of H-pyrrole nitrogens is 1. The lowest BCUT2D eigenvalue weighted by Gasteiger charge is -2.10. The molecular weight excluding hydrogens is 246 g/mol. The minimum absolute atomic E-state index is 0.246. The predicted octanol–water partition coefficient (Wildman–Crippen LogP) is 0.892. The van der Waals surface area contributed by atoms with Gasteiger partial charge in [-0.3, -0.25) is 5.10 Å². The van der Waals surface area contributed by atoms with E-state index in [2.05, 4.69) is 14.9 Å². The van der Waals surface area contributed by atoms with Gasteiger partial charge in [-0.15, -0.1) is 0 Å². The van der Waals surface area contributed by atoms with Gasteiger partial charge in [0.05, 0.1) is 11.9 Å². The SMILES string of the molecule is Cc1[nH]ncc1S(=O)(=O)NCC1CCCS1. The zero-order valence-corrected chi connectivity index (χ0v) is 10.7. The summed E-state index contributed by atoms with van der Waals surface area (Å²) in [4.78, 5) is 0.246. The molecular formula is C9H15N3O2S2. The van der Waals surface area contributed by atoms with Gasteiger partial charge in [-0.1, -0.05) is 0 Å². The van der Waals surface area contributed by atoms with Crippen molar-refractivity contribution in [2.75, 3.05) is 12.3 Å². The first-order valence-corrected chi connectivity index (χ1v) is 7.74. The van der Waals surface area contributed by atoms with Crippen LogP contribution in [0.4, 0.5) is 0 Å². The summed E-state index contributed by atoms with van der Waals surface area (Å²) >= 11 is 1.83. The molecule has 2 rings (SSSR count). The second-order valence-corrected chi connectivity index (χ2v) is 6.99. The van der Waals surface area contributed by atoms with E-state index >= 15 is 0 Å². The first-order chi connectivity index (χ1) is 7.59. The van der Waals surface area contributed by atoms with Crippen molar-refractivity contribution in [2.45, 2.75) is 29.9 Å². The van der Waals surface area contributed by atoms with E-state index in [-0.39, 0.29) is 4.90 Å². The highest BCUT2D eigenvalue weighted by Gasteiger charge is 2.22. The highest BCUT2D eigenvalue weighted by Crippen LogP contribution is 2.25. The molecule has 7 heteroatoms. The van der Waals surface area contributed by atoms with Crippen LogP contribution in [0.25, 0.3) is 0 Å². The average Bonchev–Trinajstić information content (AvgIpc) is 2.85. The van der Waals surface area contributed by atoms with Gasteiger partial charge in [0.15, 0.2) is 0 Å². The molecule has 0 bridgehead atoms. The van der Waals surface area contributed by atoms with E-state index in [4.69, 9.17) is 0 Å². The molecule has 1 aliphatic heterocycles. The Labute approximate surface area is 99.4 Å². The average molecular weight is 261 g/mol. The number of aromatic nitrogens is 2. The van der Waals surface area contributed by atoms with Crippen LogP contribution in [0, 0.1) is 6.92 Å². The Kier molecular flexibility index (Phi) is 3.56. The smallest absolute Gasteiger partial charge is 0.243 e. The summed E-state index contributed by atoms with van der Waals surface area (Å²) in [6, 6.07) is 0. The second kappa shape index (κ2) is 4.77. The van der Waals surface area contributed by atoms with Crippen molar-refractivity contribution in [3.8, 4) is 0 Å². The molecule has 90 valence electrons. The summed E-state index contributed by atoms with van der Waals surface area (Å²) in [6.45, 7) is 2.21. The molecule has 1 aromatic rings. The minimum Gasteiger partial charge on any atom is -0.281 e. The van der Waals surface area contributed by atoms with Gasteiger partial charge in [0.1, 0.15) is 4.90 Å². The van der Waals surface area contributed by atoms with Gasteiger partial charge in [0.25, 0.3) is 0 Å². The third-order valence-corrected chi connectivity index (χ3v) is 5.53. The van der Waals surface area contributed by atoms with E-state index in [0.29, 0.717) is 17.5 Å². The third-order valence-electron chi connectivity index (χ3n) is 2.60. The molecule has 1 atom stereocenters. The first-order valence-electron chi connectivity index (χ1n) is 5.21. The van der Waals surface area contributed by atoms with E-state index in [1.807, 2.05) is 11.8 Å². The Morgan fingerprint density at radius 3 is 3.06 bits per heavy atom. The van der Waals surface area contributed by atoms with E-state index in [9.17, 15) is 8.42 Å². The summed E-state index contributed by atoms with van der Waals surface area (Å²) in [6.07, 6.45) is 3.62. The van der Waals surface area contributed by atoms with E-state index < -0.39 is 10.0 Å². The maximum atomic E-state index is 11.9. The molecule has 16 heavy (non-hydrogen) atoms. The lowest BCUT2D eigenvalue weighted by Crippen LogP contribution is -2.30. The molecule has 2 N–H and O–H groups in total. The summed E-state index contributed by atoms with van der Waals surface area (Å²) < 4.78 is 26.4. The lowest BCUT2D eigenvalue weighted by atomic mass is 10.2. The van der Waals surface area contributed by atoms with Crippen LogP contribution in [-0.4, -0.2) is 36.2 Å². The normalized spacial score (nSPS) is 21.4. The summed E-state index contributed by atoms with van der Waals surface area (Å²) in [5.74, 6) is 1.14. The molecule has 2 heterocycles. The van der Waals surface area contributed by atoms with Crippen LogP contribution in [0.2, 0.25) is 0 Å². The van der Waals surface area contributed by atoms with Crippen molar-refractivity contribution in [3.05, 3.63) is 11.9 Å². The maximum Gasteiger partial charge on any atom is 0.243 e. The zero-order chi connectivity index (χ0) is 11.6. The molecule has 1 aliphatic rings. The van der Waals surface area contributed by atoms with Gasteiger partial charge in [0.2, 0.25) is 10.0 Å². The molecule has 1 fully saturated rings. The first kappa shape index (κ1) is 11.9. The zero-order valence-electron chi connectivity index (χ0n) is 9.06. The Morgan fingerprint density at radius 2 is 2.50 bits per heavy atom. The number of hydrogen-bond acceptors (Lipinski definition) is 4. The largest absolute Gasteiger partial charge is 0.281 e. The van der Waals surface area contributed by atoms with Crippen LogP contribution in [-0.2, 0) is 10.0 Å². The number of aryl methyl sites for hydroxylation is 1. The number of sulfonamides is 1. The predicted molar refractivity (Wildman–Crippen MR) is 64.0 cm³/mol. The van der Waals surface area contributed by atoms with Crippen molar-refractivity contribution in [2.24, 2.45) is 0 Å². The summed E-state index contributed by atoms with van der Waals surface area (Å²) in [5, 5.41) is 6.77. The van der Waals surface area contributed by atoms with Crippen LogP contribution in [0.5, 0.6) is 0 Å². The lowest BCUT2D eigenvalue weighted by molar-refractivity contribution is 0.578. The Hall–Kier alpha value is -0.530. The number of aromatic amines is 1. The van der Waals surface area contributed by atoms with Gasteiger partial charge in [-0.05, 0) is 25.5 Å². The third kappa shape index (κ3) is 2.58. The number of thioether (sulfide) groups is 1. The van der Waals surface area contributed by atoms with Gasteiger partial charge < -0.3 is 0 Å². The van der Waals surface area contributed by atoms with Crippen molar-refractivity contribution in [3.63, 3.8) is 0 Å². The van der Waals surface area contributed by atoms with Crippen molar-refractivity contribution in [1.29, 1.82) is 0 Å². The maximum absolute atomic E-state index is 11.9. The fourth-order valence-electron chi connectivity index (χ4n) is 1.70. The molecule has 0 amide bonds. The van der Waals surface area contributed by atoms with Gasteiger partial charge in [-0.2, -0.15) is 16.9 Å². The molecule has 0 aliphatic carbocycles. The van der Waals surface area contributed by atoms with Crippen molar-refractivity contribution < 1.29 is 8.42 Å². The molecule has 1 saturated heterocycles. The fraction of sp³-hybridized carbons (Fsp3) is 0.667. The van der Waals surface area contributed by atoms with Gasteiger partial charge in [-0.25, -0.2) is 13.1 Å². The standard InChI is InChI=1S/C9H15N3O2S2/c1-7-9(6-10-12-7)16(13,14)11-5-8-3-2-4-15-8/h6,8,11H,2-5H2,1H3,(H,10,12). The summed E-state index contributed by atoms with van der Waals surface area (Å²) in [5.41, 5.74) is 0.576. The number of nitrogens with zero attached hydrogens (tertiary/aromatic N) is 1. The summed E-state index contributed by atoms with van der Waals surface area (Å²) in [7, 11) is -3.39. The monoisotopic (exact) mass is 261 g/mol. The van der Waals surface area contributed by atoms with Crippen LogP contribution >= 0.6 is 11.8 Å². The van der Waals surface area contributed by atoms with Crippen LogP contribution < -0.4 is 4.72 Å². The quantitative estimate of drug-likeness (QED) is 0.844. The number of nitrogens with one attached hydrogen (secondary N) is 2. The molecule has 0 spiro atoms. The van der Waals surface area contributed by atoms with Gasteiger partial charge in [0, 0.05) is 11.8 Å². The molecule has 0 saturated carbocycles. The van der Waals surface area contributed by atoms with Crippen molar-refractivity contribution >= 4 is 21.8 Å². The highest BCUT2D eigenvalue weighted by atomic mass is 32.2. The molecule has 0 radical (unpaired) electrons. The fourth-order valence-corrected chi connectivity index (χ4v) is 4.22. The minimum atomic E-state index is -3.39. The molecule has 1 unspecified atom stereocenters. The van der Waals surface area contributed by atoms with Crippen LogP contribution in [0.1, 0.15) is 18.5 Å². The van der Waals surface area contributed by atoms with E-state index in [1.54, 1.807) is 6.92 Å². The molecule has 1 aromatic heterocycles. The highest BCUT2D eigenvalue weighted by molar-refractivity contribution is 8.00. The number of rotatable bonds is 4.